The maximum Gasteiger partial charge on any atom is -0.0414 e. The Balaban J connectivity index is 3.02. The van der Waals surface area contributed by atoms with Gasteiger partial charge in [-0.25, -0.2) is 0 Å². The van der Waals surface area contributed by atoms with Gasteiger partial charge in [0, 0.05) is 0 Å². The lowest BCUT2D eigenvalue weighted by Crippen LogP contribution is -1.94. The Morgan fingerprint density at radius 1 is 0.455 bits per heavy atom. The summed E-state index contributed by atoms with van der Waals surface area (Å²) in [5.74, 6) is 0.720. The molecular formula is C22H45. The molecule has 0 aliphatic carbocycles. The number of hydrogen-bond donors (Lipinski definition) is 0. The lowest BCUT2D eigenvalue weighted by molar-refractivity contribution is 0.472. The molecule has 0 saturated heterocycles. The van der Waals surface area contributed by atoms with Crippen molar-refractivity contribution in [3.63, 3.8) is 0 Å². The van der Waals surface area contributed by atoms with Gasteiger partial charge in [-0.05, 0) is 5.92 Å². The molecule has 0 aromatic heterocycles. The molecule has 0 rings (SSSR count). The molecule has 1 unspecified atom stereocenters. The zero-order chi connectivity index (χ0) is 16.3. The highest BCUT2D eigenvalue weighted by atomic mass is 14.1. The van der Waals surface area contributed by atoms with E-state index in [-0.39, 0.29) is 0 Å². The third-order valence-electron chi connectivity index (χ3n) is 4.93. The highest BCUT2D eigenvalue weighted by Gasteiger charge is 2.01. The van der Waals surface area contributed by atoms with E-state index >= 15 is 0 Å². The largest absolute Gasteiger partial charge is 0.0654 e. The Labute approximate surface area is 142 Å². The minimum atomic E-state index is 0.720. The fraction of sp³-hybridized carbons (Fsp3) is 0.955. The predicted molar refractivity (Wildman–Crippen MR) is 103 cm³/mol. The number of unbranched alkanes of at least 4 members (excludes halogenated alkanes) is 14. The summed E-state index contributed by atoms with van der Waals surface area (Å²) in [4.78, 5) is 0. The van der Waals surface area contributed by atoms with Gasteiger partial charge in [0.1, 0.15) is 0 Å². The van der Waals surface area contributed by atoms with Crippen LogP contribution >= 0.6 is 0 Å². The summed E-state index contributed by atoms with van der Waals surface area (Å²) in [6.45, 7) is 8.85. The van der Waals surface area contributed by atoms with Gasteiger partial charge in [-0.15, -0.1) is 0 Å². The van der Waals surface area contributed by atoms with Crippen molar-refractivity contribution in [2.24, 2.45) is 5.92 Å². The molecule has 0 nitrogen and oxygen atoms in total. The quantitative estimate of drug-likeness (QED) is 0.223. The molecule has 1 atom stereocenters. The predicted octanol–water partition coefficient (Wildman–Crippen LogP) is 8.50. The Morgan fingerprint density at radius 3 is 1.18 bits per heavy atom. The summed E-state index contributed by atoms with van der Waals surface area (Å²) in [7, 11) is 0. The van der Waals surface area contributed by atoms with Crippen molar-refractivity contribution in [3.05, 3.63) is 6.92 Å². The molecule has 0 aliphatic heterocycles. The molecule has 1 radical (unpaired) electrons. The normalized spacial score (nSPS) is 12.7. The summed E-state index contributed by atoms with van der Waals surface area (Å²) in [6, 6.07) is 0. The van der Waals surface area contributed by atoms with Crippen molar-refractivity contribution in [3.8, 4) is 0 Å². The van der Waals surface area contributed by atoms with Crippen LogP contribution in [0, 0.1) is 12.8 Å². The van der Waals surface area contributed by atoms with Gasteiger partial charge in [-0.3, -0.25) is 0 Å². The van der Waals surface area contributed by atoms with Crippen LogP contribution in [0.2, 0.25) is 0 Å². The minimum absolute atomic E-state index is 0.720. The summed E-state index contributed by atoms with van der Waals surface area (Å²) >= 11 is 0. The van der Waals surface area contributed by atoms with E-state index in [2.05, 4.69) is 20.8 Å². The molecule has 0 bridgehead atoms. The molecular weight excluding hydrogens is 264 g/mol. The summed E-state index contributed by atoms with van der Waals surface area (Å²) in [5, 5.41) is 0. The van der Waals surface area contributed by atoms with Gasteiger partial charge in [0.25, 0.3) is 0 Å². The average Bonchev–Trinajstić information content (AvgIpc) is 2.53. The minimum Gasteiger partial charge on any atom is -0.0654 e. The van der Waals surface area contributed by atoms with E-state index in [0.29, 0.717) is 0 Å². The van der Waals surface area contributed by atoms with Crippen LogP contribution < -0.4 is 0 Å². The average molecular weight is 310 g/mol. The Bertz CT molecular complexity index is 184. The van der Waals surface area contributed by atoms with Crippen LogP contribution in [-0.4, -0.2) is 0 Å². The van der Waals surface area contributed by atoms with Crippen LogP contribution in [0.25, 0.3) is 0 Å². The molecule has 0 aliphatic rings. The van der Waals surface area contributed by atoms with Gasteiger partial charge in [0.15, 0.2) is 0 Å². The topological polar surface area (TPSA) is 0 Å². The summed E-state index contributed by atoms with van der Waals surface area (Å²) in [6.07, 6.45) is 25.8. The van der Waals surface area contributed by atoms with Crippen LogP contribution in [0.5, 0.6) is 0 Å². The third-order valence-corrected chi connectivity index (χ3v) is 4.93. The molecule has 0 heteroatoms. The van der Waals surface area contributed by atoms with E-state index in [1.54, 1.807) is 0 Å². The summed E-state index contributed by atoms with van der Waals surface area (Å²) < 4.78 is 0. The van der Waals surface area contributed by atoms with Crippen molar-refractivity contribution in [2.45, 2.75) is 129 Å². The van der Waals surface area contributed by atoms with Crippen LogP contribution in [0.3, 0.4) is 0 Å². The molecule has 0 heterocycles. The van der Waals surface area contributed by atoms with Gasteiger partial charge < -0.3 is 0 Å². The smallest absolute Gasteiger partial charge is 0.0414 e. The first-order valence-corrected chi connectivity index (χ1v) is 10.6. The highest BCUT2D eigenvalue weighted by Crippen LogP contribution is 2.17. The van der Waals surface area contributed by atoms with E-state index in [1.165, 1.54) is 116 Å². The molecule has 0 saturated carbocycles. The lowest BCUT2D eigenvalue weighted by atomic mass is 9.97. The standard InChI is InChI=1S/C22H45/c1-4-6-8-9-10-11-12-13-14-15-16-17-18-19-21-22(3)20-7-5-2/h22H,3-21H2,1-2H3. The van der Waals surface area contributed by atoms with E-state index < -0.39 is 0 Å². The second-order valence-electron chi connectivity index (χ2n) is 7.39. The Morgan fingerprint density at radius 2 is 0.773 bits per heavy atom. The molecule has 0 amide bonds. The van der Waals surface area contributed by atoms with Gasteiger partial charge >= 0.3 is 0 Å². The van der Waals surface area contributed by atoms with Crippen LogP contribution in [0.1, 0.15) is 129 Å². The Kier molecular flexibility index (Phi) is 19.0. The van der Waals surface area contributed by atoms with Crippen LogP contribution in [0.4, 0.5) is 0 Å². The fourth-order valence-corrected chi connectivity index (χ4v) is 3.26. The van der Waals surface area contributed by atoms with Gasteiger partial charge in [0.05, 0.1) is 0 Å². The third kappa shape index (κ3) is 18.1. The number of hydrogen-bond acceptors (Lipinski definition) is 0. The molecule has 0 N–H and O–H groups in total. The van der Waals surface area contributed by atoms with Gasteiger partial charge in [-0.2, -0.15) is 0 Å². The van der Waals surface area contributed by atoms with E-state index in [1.807, 2.05) is 0 Å². The van der Waals surface area contributed by atoms with Crippen molar-refractivity contribution >= 4 is 0 Å². The first kappa shape index (κ1) is 22.0. The van der Waals surface area contributed by atoms with Crippen molar-refractivity contribution in [1.29, 1.82) is 0 Å². The number of rotatable bonds is 18. The Hall–Kier alpha value is 0. The van der Waals surface area contributed by atoms with Crippen LogP contribution in [-0.2, 0) is 0 Å². The fourth-order valence-electron chi connectivity index (χ4n) is 3.26. The van der Waals surface area contributed by atoms with Crippen LogP contribution in [0.15, 0.2) is 0 Å². The van der Waals surface area contributed by atoms with Crippen molar-refractivity contribution < 1.29 is 0 Å². The monoisotopic (exact) mass is 309 g/mol. The van der Waals surface area contributed by atoms with Gasteiger partial charge in [0.2, 0.25) is 0 Å². The van der Waals surface area contributed by atoms with Gasteiger partial charge in [-0.1, -0.05) is 136 Å². The molecule has 0 aromatic rings. The second kappa shape index (κ2) is 19.0. The van der Waals surface area contributed by atoms with Crippen molar-refractivity contribution in [1.82, 2.24) is 0 Å². The van der Waals surface area contributed by atoms with E-state index in [0.717, 1.165) is 5.92 Å². The lowest BCUT2D eigenvalue weighted by Gasteiger charge is -2.09. The molecule has 133 valence electrons. The first-order valence-electron chi connectivity index (χ1n) is 10.6. The molecule has 0 spiro atoms. The molecule has 0 fully saturated rings. The molecule has 22 heavy (non-hydrogen) atoms. The van der Waals surface area contributed by atoms with E-state index in [4.69, 9.17) is 0 Å². The maximum atomic E-state index is 4.27. The maximum absolute atomic E-state index is 4.27. The van der Waals surface area contributed by atoms with E-state index in [9.17, 15) is 0 Å². The summed E-state index contributed by atoms with van der Waals surface area (Å²) in [5.41, 5.74) is 0. The zero-order valence-corrected chi connectivity index (χ0v) is 16.0. The molecule has 0 aromatic carbocycles. The highest BCUT2D eigenvalue weighted by molar-refractivity contribution is 4.61. The SMILES string of the molecule is [CH2]C(CCCC)CCCCCCCCCCCCCCCC. The second-order valence-corrected chi connectivity index (χ2v) is 7.39. The van der Waals surface area contributed by atoms with Crippen molar-refractivity contribution in [2.75, 3.05) is 0 Å². The zero-order valence-electron chi connectivity index (χ0n) is 16.0. The first-order chi connectivity index (χ1) is 10.8.